The number of rotatable bonds is 3. The van der Waals surface area contributed by atoms with Gasteiger partial charge in [0.25, 0.3) is 0 Å². The third-order valence-electron chi connectivity index (χ3n) is 3.36. The number of carboxylic acids is 1. The van der Waals surface area contributed by atoms with Gasteiger partial charge in [0.15, 0.2) is 0 Å². The van der Waals surface area contributed by atoms with Crippen LogP contribution in [-0.2, 0) is 16.0 Å². The van der Waals surface area contributed by atoms with Gasteiger partial charge in [0.05, 0.1) is 12.0 Å². The molecule has 0 saturated carbocycles. The van der Waals surface area contributed by atoms with Gasteiger partial charge in [-0.05, 0) is 30.4 Å². The first kappa shape index (κ1) is 12.1. The standard InChI is InChI=1S/C14H18O3/c1-2-10-5-7-11(8-6-10)13-12(14(15)16)4-3-9-17-13/h5-8,12-13H,2-4,9H2,1H3,(H,15,16). The van der Waals surface area contributed by atoms with E-state index in [9.17, 15) is 9.90 Å². The lowest BCUT2D eigenvalue weighted by Crippen LogP contribution is -2.28. The Morgan fingerprint density at radius 1 is 1.41 bits per heavy atom. The Bertz CT molecular complexity index is 383. The largest absolute Gasteiger partial charge is 0.481 e. The minimum Gasteiger partial charge on any atom is -0.481 e. The fourth-order valence-corrected chi connectivity index (χ4v) is 2.31. The highest BCUT2D eigenvalue weighted by atomic mass is 16.5. The molecule has 0 radical (unpaired) electrons. The molecule has 1 saturated heterocycles. The van der Waals surface area contributed by atoms with Gasteiger partial charge in [0.1, 0.15) is 0 Å². The molecule has 1 aliphatic heterocycles. The SMILES string of the molecule is CCc1ccc(C2OCCCC2C(=O)O)cc1. The van der Waals surface area contributed by atoms with Crippen LogP contribution in [0.25, 0.3) is 0 Å². The molecule has 1 aliphatic rings. The van der Waals surface area contributed by atoms with Crippen molar-refractivity contribution in [2.75, 3.05) is 6.61 Å². The van der Waals surface area contributed by atoms with Crippen LogP contribution < -0.4 is 0 Å². The Labute approximate surface area is 101 Å². The van der Waals surface area contributed by atoms with Crippen LogP contribution in [0.1, 0.15) is 37.0 Å². The summed E-state index contributed by atoms with van der Waals surface area (Å²) in [6, 6.07) is 8.08. The zero-order valence-corrected chi connectivity index (χ0v) is 10.1. The fourth-order valence-electron chi connectivity index (χ4n) is 2.31. The highest BCUT2D eigenvalue weighted by Crippen LogP contribution is 2.33. The highest BCUT2D eigenvalue weighted by molar-refractivity contribution is 5.71. The normalized spacial score (nSPS) is 24.5. The van der Waals surface area contributed by atoms with Crippen molar-refractivity contribution in [2.45, 2.75) is 32.3 Å². The molecule has 2 rings (SSSR count). The molecule has 92 valence electrons. The molecule has 2 unspecified atom stereocenters. The third-order valence-corrected chi connectivity index (χ3v) is 3.36. The molecule has 3 heteroatoms. The van der Waals surface area contributed by atoms with Gasteiger partial charge in [-0.2, -0.15) is 0 Å². The molecule has 17 heavy (non-hydrogen) atoms. The smallest absolute Gasteiger partial charge is 0.309 e. The molecule has 0 spiro atoms. The fraction of sp³-hybridized carbons (Fsp3) is 0.500. The molecule has 0 aromatic heterocycles. The van der Waals surface area contributed by atoms with Gasteiger partial charge in [-0.3, -0.25) is 4.79 Å². The van der Waals surface area contributed by atoms with Gasteiger partial charge < -0.3 is 9.84 Å². The van der Waals surface area contributed by atoms with E-state index in [0.29, 0.717) is 13.0 Å². The van der Waals surface area contributed by atoms with Crippen LogP contribution in [-0.4, -0.2) is 17.7 Å². The van der Waals surface area contributed by atoms with E-state index in [1.807, 2.05) is 24.3 Å². The molecule has 0 aliphatic carbocycles. The van der Waals surface area contributed by atoms with Crippen molar-refractivity contribution in [3.05, 3.63) is 35.4 Å². The number of aliphatic carboxylic acids is 1. The van der Waals surface area contributed by atoms with E-state index in [1.54, 1.807) is 0 Å². The van der Waals surface area contributed by atoms with Gasteiger partial charge >= 0.3 is 5.97 Å². The summed E-state index contributed by atoms with van der Waals surface area (Å²) in [7, 11) is 0. The van der Waals surface area contributed by atoms with Crippen molar-refractivity contribution in [2.24, 2.45) is 5.92 Å². The lowest BCUT2D eigenvalue weighted by molar-refractivity contribution is -0.151. The zero-order chi connectivity index (χ0) is 12.3. The maximum atomic E-state index is 11.2. The van der Waals surface area contributed by atoms with Crippen LogP contribution in [0.5, 0.6) is 0 Å². The highest BCUT2D eigenvalue weighted by Gasteiger charge is 2.32. The van der Waals surface area contributed by atoms with Crippen molar-refractivity contribution in [1.29, 1.82) is 0 Å². The van der Waals surface area contributed by atoms with Gasteiger partial charge in [-0.1, -0.05) is 31.2 Å². The van der Waals surface area contributed by atoms with Crippen LogP contribution in [0.3, 0.4) is 0 Å². The molecule has 1 heterocycles. The lowest BCUT2D eigenvalue weighted by Gasteiger charge is -2.29. The maximum Gasteiger partial charge on any atom is 0.309 e. The molecule has 0 amide bonds. The van der Waals surface area contributed by atoms with Gasteiger partial charge in [0, 0.05) is 6.61 Å². The van der Waals surface area contributed by atoms with Crippen molar-refractivity contribution >= 4 is 5.97 Å². The van der Waals surface area contributed by atoms with E-state index in [-0.39, 0.29) is 6.10 Å². The van der Waals surface area contributed by atoms with Crippen LogP contribution in [0.4, 0.5) is 0 Å². The van der Waals surface area contributed by atoms with Crippen molar-refractivity contribution in [3.8, 4) is 0 Å². The first-order chi connectivity index (χ1) is 8.22. The lowest BCUT2D eigenvalue weighted by atomic mass is 9.89. The first-order valence-electron chi connectivity index (χ1n) is 6.15. The summed E-state index contributed by atoms with van der Waals surface area (Å²) in [5, 5.41) is 9.19. The molecule has 1 fully saturated rings. The van der Waals surface area contributed by atoms with E-state index < -0.39 is 11.9 Å². The first-order valence-corrected chi connectivity index (χ1v) is 6.15. The van der Waals surface area contributed by atoms with Crippen LogP contribution in [0.2, 0.25) is 0 Å². The molecule has 2 atom stereocenters. The predicted molar refractivity (Wildman–Crippen MR) is 64.9 cm³/mol. The quantitative estimate of drug-likeness (QED) is 0.874. The van der Waals surface area contributed by atoms with Crippen LogP contribution in [0.15, 0.2) is 24.3 Å². The molecular formula is C14H18O3. The zero-order valence-electron chi connectivity index (χ0n) is 10.1. The van der Waals surface area contributed by atoms with Crippen molar-refractivity contribution in [1.82, 2.24) is 0 Å². The summed E-state index contributed by atoms with van der Waals surface area (Å²) >= 11 is 0. The van der Waals surface area contributed by atoms with E-state index in [0.717, 1.165) is 18.4 Å². The summed E-state index contributed by atoms with van der Waals surface area (Å²) in [5.41, 5.74) is 2.24. The average molecular weight is 234 g/mol. The molecule has 1 aromatic rings. The van der Waals surface area contributed by atoms with Crippen molar-refractivity contribution < 1.29 is 14.6 Å². The van der Waals surface area contributed by atoms with E-state index in [2.05, 4.69) is 6.92 Å². The Morgan fingerprint density at radius 3 is 2.71 bits per heavy atom. The van der Waals surface area contributed by atoms with E-state index in [4.69, 9.17) is 4.74 Å². The maximum absolute atomic E-state index is 11.2. The van der Waals surface area contributed by atoms with E-state index in [1.165, 1.54) is 5.56 Å². The number of hydrogen-bond acceptors (Lipinski definition) is 2. The summed E-state index contributed by atoms with van der Waals surface area (Å²) in [6.45, 7) is 2.76. The molecular weight excluding hydrogens is 216 g/mol. The molecule has 1 aromatic carbocycles. The number of ether oxygens (including phenoxy) is 1. The Morgan fingerprint density at radius 2 is 2.12 bits per heavy atom. The average Bonchev–Trinajstić information content (AvgIpc) is 2.39. The summed E-state index contributed by atoms with van der Waals surface area (Å²) < 4.78 is 5.63. The second-order valence-corrected chi connectivity index (χ2v) is 4.47. The van der Waals surface area contributed by atoms with Crippen LogP contribution >= 0.6 is 0 Å². The Balaban J connectivity index is 2.20. The second-order valence-electron chi connectivity index (χ2n) is 4.47. The van der Waals surface area contributed by atoms with Gasteiger partial charge in [0.2, 0.25) is 0 Å². The third kappa shape index (κ3) is 2.67. The number of benzene rings is 1. The number of carbonyl (C=O) groups is 1. The Hall–Kier alpha value is -1.35. The van der Waals surface area contributed by atoms with Gasteiger partial charge in [-0.25, -0.2) is 0 Å². The Kier molecular flexibility index (Phi) is 3.79. The van der Waals surface area contributed by atoms with Crippen molar-refractivity contribution in [3.63, 3.8) is 0 Å². The predicted octanol–water partition coefficient (Wildman–Crippen LogP) is 2.80. The second kappa shape index (κ2) is 5.32. The number of carboxylic acid groups (broad SMARTS) is 1. The molecule has 1 N–H and O–H groups in total. The minimum atomic E-state index is -0.755. The van der Waals surface area contributed by atoms with Crippen LogP contribution in [0, 0.1) is 5.92 Å². The summed E-state index contributed by atoms with van der Waals surface area (Å²) in [4.78, 5) is 11.2. The monoisotopic (exact) mass is 234 g/mol. The molecule has 3 nitrogen and oxygen atoms in total. The van der Waals surface area contributed by atoms with E-state index >= 15 is 0 Å². The summed E-state index contributed by atoms with van der Waals surface area (Å²) in [5.74, 6) is -1.16. The number of aryl methyl sites for hydroxylation is 1. The molecule has 0 bridgehead atoms. The topological polar surface area (TPSA) is 46.5 Å². The minimum absolute atomic E-state index is 0.285. The number of hydrogen-bond donors (Lipinski definition) is 1. The summed E-state index contributed by atoms with van der Waals surface area (Å²) in [6.07, 6.45) is 2.25. The van der Waals surface area contributed by atoms with Gasteiger partial charge in [-0.15, -0.1) is 0 Å².